The van der Waals surface area contributed by atoms with Gasteiger partial charge < -0.3 is 0 Å². The van der Waals surface area contributed by atoms with Gasteiger partial charge >= 0.3 is 6.18 Å². The van der Waals surface area contributed by atoms with Gasteiger partial charge in [-0.3, -0.25) is 0 Å². The topological polar surface area (TPSA) is 0 Å². The van der Waals surface area contributed by atoms with Crippen molar-refractivity contribution in [1.82, 2.24) is 0 Å². The minimum absolute atomic E-state index is 0.312. The molecule has 4 heteroatoms. The number of alkyl halides is 3. The van der Waals surface area contributed by atoms with E-state index in [-0.39, 0.29) is 0 Å². The molecule has 0 saturated carbocycles. The van der Waals surface area contributed by atoms with E-state index < -0.39 is 11.7 Å². The summed E-state index contributed by atoms with van der Waals surface area (Å²) >= 11 is 2.90. The van der Waals surface area contributed by atoms with E-state index in [1.165, 1.54) is 6.07 Å². The van der Waals surface area contributed by atoms with Crippen LogP contribution in [-0.2, 0) is 6.18 Å². The molecule has 0 atom stereocenters. The SMILES string of the molecule is FC(F)(F)c1cc[c]c(Br)c1. The highest BCUT2D eigenvalue weighted by Gasteiger charge is 2.30. The highest BCUT2D eigenvalue weighted by molar-refractivity contribution is 9.10. The van der Waals surface area contributed by atoms with Crippen LogP contribution in [0.5, 0.6) is 0 Å². The Kier molecular flexibility index (Phi) is 2.23. The summed E-state index contributed by atoms with van der Waals surface area (Å²) in [4.78, 5) is 0. The monoisotopic (exact) mass is 223 g/mol. The molecule has 0 aliphatic carbocycles. The third kappa shape index (κ3) is 2.22. The van der Waals surface area contributed by atoms with Crippen LogP contribution >= 0.6 is 15.9 Å². The lowest BCUT2D eigenvalue weighted by molar-refractivity contribution is -0.137. The summed E-state index contributed by atoms with van der Waals surface area (Å²) in [6.45, 7) is 0. The third-order valence-electron chi connectivity index (χ3n) is 1.09. The van der Waals surface area contributed by atoms with E-state index in [9.17, 15) is 13.2 Å². The average molecular weight is 224 g/mol. The molecule has 0 unspecified atom stereocenters. The predicted molar refractivity (Wildman–Crippen MR) is 38.0 cm³/mol. The van der Waals surface area contributed by atoms with Gasteiger partial charge in [0.05, 0.1) is 5.56 Å². The molecule has 0 nitrogen and oxygen atoms in total. The summed E-state index contributed by atoms with van der Waals surface area (Å²) in [5, 5.41) is 0. The molecule has 59 valence electrons. The Bertz CT molecular complexity index is 254. The van der Waals surface area contributed by atoms with E-state index in [2.05, 4.69) is 22.0 Å². The summed E-state index contributed by atoms with van der Waals surface area (Å²) in [7, 11) is 0. The molecule has 0 amide bonds. The second kappa shape index (κ2) is 2.85. The molecule has 0 bridgehead atoms. The Labute approximate surface area is 70.2 Å². The van der Waals surface area contributed by atoms with Crippen LogP contribution in [0.1, 0.15) is 5.56 Å². The smallest absolute Gasteiger partial charge is 0.166 e. The molecule has 1 aromatic carbocycles. The fourth-order valence-electron chi connectivity index (χ4n) is 0.614. The third-order valence-corrected chi connectivity index (χ3v) is 1.55. The van der Waals surface area contributed by atoms with E-state index >= 15 is 0 Å². The molecular formula is C7H3BrF3. The highest BCUT2D eigenvalue weighted by Crippen LogP contribution is 2.30. The molecule has 0 fully saturated rings. The molecule has 0 aliphatic heterocycles. The Hall–Kier alpha value is -0.510. The van der Waals surface area contributed by atoms with Crippen LogP contribution in [0.15, 0.2) is 22.7 Å². The first kappa shape index (κ1) is 8.59. The molecule has 1 aromatic rings. The van der Waals surface area contributed by atoms with Crippen LogP contribution in [0.2, 0.25) is 0 Å². The molecule has 0 N–H and O–H groups in total. The Morgan fingerprint density at radius 2 is 2.00 bits per heavy atom. The zero-order valence-corrected chi connectivity index (χ0v) is 6.83. The van der Waals surface area contributed by atoms with Crippen molar-refractivity contribution in [1.29, 1.82) is 0 Å². The van der Waals surface area contributed by atoms with Crippen LogP contribution in [0, 0.1) is 6.07 Å². The summed E-state index contributed by atoms with van der Waals surface area (Å²) in [6.07, 6.45) is -4.27. The fourth-order valence-corrected chi connectivity index (χ4v) is 0.992. The standard InChI is InChI=1S/C7H3BrF3/c8-6-3-1-2-5(4-6)7(9,10)11/h1-2,4H. The van der Waals surface area contributed by atoms with Crippen LogP contribution in [0.3, 0.4) is 0 Å². The summed E-state index contributed by atoms with van der Waals surface area (Å²) in [6, 6.07) is 5.75. The van der Waals surface area contributed by atoms with Gasteiger partial charge in [0.15, 0.2) is 0 Å². The van der Waals surface area contributed by atoms with E-state index in [1.54, 1.807) is 0 Å². The van der Waals surface area contributed by atoms with E-state index in [4.69, 9.17) is 0 Å². The Morgan fingerprint density at radius 3 is 2.36 bits per heavy atom. The number of hydrogen-bond acceptors (Lipinski definition) is 0. The van der Waals surface area contributed by atoms with Crippen molar-refractivity contribution in [2.24, 2.45) is 0 Å². The van der Waals surface area contributed by atoms with E-state index in [0.717, 1.165) is 12.1 Å². The minimum Gasteiger partial charge on any atom is -0.166 e. The molecule has 0 spiro atoms. The zero-order chi connectivity index (χ0) is 8.48. The second-order valence-corrected chi connectivity index (χ2v) is 2.78. The Morgan fingerprint density at radius 1 is 1.36 bits per heavy atom. The number of benzene rings is 1. The van der Waals surface area contributed by atoms with Crippen molar-refractivity contribution >= 4 is 15.9 Å². The molecule has 0 saturated heterocycles. The van der Waals surface area contributed by atoms with Gasteiger partial charge in [-0.1, -0.05) is 22.0 Å². The van der Waals surface area contributed by atoms with Gasteiger partial charge in [0.2, 0.25) is 0 Å². The van der Waals surface area contributed by atoms with Gasteiger partial charge in [-0.2, -0.15) is 13.2 Å². The largest absolute Gasteiger partial charge is 0.416 e. The maximum Gasteiger partial charge on any atom is 0.416 e. The van der Waals surface area contributed by atoms with E-state index in [0.29, 0.717) is 4.47 Å². The number of halogens is 4. The van der Waals surface area contributed by atoms with Gasteiger partial charge in [-0.15, -0.1) is 0 Å². The maximum atomic E-state index is 11.9. The second-order valence-electron chi connectivity index (χ2n) is 1.92. The van der Waals surface area contributed by atoms with Crippen LogP contribution in [-0.4, -0.2) is 0 Å². The predicted octanol–water partition coefficient (Wildman–Crippen LogP) is 3.27. The number of hydrogen-bond donors (Lipinski definition) is 0. The molecule has 1 radical (unpaired) electrons. The van der Waals surface area contributed by atoms with Crippen molar-refractivity contribution in [2.75, 3.05) is 0 Å². The molecule has 1 rings (SSSR count). The van der Waals surface area contributed by atoms with Gasteiger partial charge in [-0.05, 0) is 18.2 Å². The normalized spacial score (nSPS) is 11.6. The highest BCUT2D eigenvalue weighted by atomic mass is 79.9. The first-order valence-corrected chi connectivity index (χ1v) is 3.54. The fraction of sp³-hybridized carbons (Fsp3) is 0.143. The first-order chi connectivity index (χ1) is 5.00. The maximum absolute atomic E-state index is 11.9. The van der Waals surface area contributed by atoms with Gasteiger partial charge in [0.25, 0.3) is 0 Å². The zero-order valence-electron chi connectivity index (χ0n) is 5.24. The first-order valence-electron chi connectivity index (χ1n) is 2.74. The molecular weight excluding hydrogens is 221 g/mol. The van der Waals surface area contributed by atoms with Crippen LogP contribution in [0.25, 0.3) is 0 Å². The van der Waals surface area contributed by atoms with E-state index in [1.807, 2.05) is 0 Å². The molecule has 0 aliphatic rings. The lowest BCUT2D eigenvalue weighted by Crippen LogP contribution is -2.03. The van der Waals surface area contributed by atoms with Crippen molar-refractivity contribution in [3.05, 3.63) is 34.3 Å². The average Bonchev–Trinajstić information content (AvgIpc) is 1.86. The van der Waals surface area contributed by atoms with Gasteiger partial charge in [-0.25, -0.2) is 0 Å². The van der Waals surface area contributed by atoms with Crippen molar-refractivity contribution < 1.29 is 13.2 Å². The van der Waals surface area contributed by atoms with Crippen LogP contribution < -0.4 is 0 Å². The lowest BCUT2D eigenvalue weighted by atomic mass is 10.2. The number of rotatable bonds is 0. The Balaban J connectivity index is 3.06. The van der Waals surface area contributed by atoms with Crippen molar-refractivity contribution in [3.8, 4) is 0 Å². The van der Waals surface area contributed by atoms with Crippen LogP contribution in [0.4, 0.5) is 13.2 Å². The summed E-state index contributed by atoms with van der Waals surface area (Å²) in [5.74, 6) is 0. The van der Waals surface area contributed by atoms with Crippen molar-refractivity contribution in [3.63, 3.8) is 0 Å². The quantitative estimate of drug-likeness (QED) is 0.634. The minimum atomic E-state index is -4.27. The van der Waals surface area contributed by atoms with Crippen molar-refractivity contribution in [2.45, 2.75) is 6.18 Å². The lowest BCUT2D eigenvalue weighted by Gasteiger charge is -2.05. The molecule has 0 aromatic heterocycles. The molecule has 0 heterocycles. The summed E-state index contributed by atoms with van der Waals surface area (Å²) in [5.41, 5.74) is -0.664. The van der Waals surface area contributed by atoms with Gasteiger partial charge in [0, 0.05) is 4.47 Å². The van der Waals surface area contributed by atoms with Gasteiger partial charge in [0.1, 0.15) is 0 Å². The summed E-state index contributed by atoms with van der Waals surface area (Å²) < 4.78 is 36.1. The molecule has 11 heavy (non-hydrogen) atoms.